The van der Waals surface area contributed by atoms with Crippen LogP contribution in [0.3, 0.4) is 0 Å². The number of rotatable bonds is 7. The molecule has 0 spiro atoms. The summed E-state index contributed by atoms with van der Waals surface area (Å²) < 4.78 is 5.55. The van der Waals surface area contributed by atoms with Gasteiger partial charge in [-0.2, -0.15) is 5.10 Å². The molecule has 1 aromatic heterocycles. The summed E-state index contributed by atoms with van der Waals surface area (Å²) in [5.41, 5.74) is 2.99. The van der Waals surface area contributed by atoms with Crippen LogP contribution in [0.15, 0.2) is 70.2 Å². The van der Waals surface area contributed by atoms with Gasteiger partial charge in [0.25, 0.3) is 5.69 Å². The average Bonchev–Trinajstić information content (AvgIpc) is 3.17. The zero-order valence-corrected chi connectivity index (χ0v) is 14.9. The molecule has 29 heavy (non-hydrogen) atoms. The van der Waals surface area contributed by atoms with Crippen LogP contribution < -0.4 is 10.5 Å². The van der Waals surface area contributed by atoms with E-state index < -0.39 is 16.8 Å². The Bertz CT molecular complexity index is 1100. The molecule has 0 atom stereocenters. The maximum Gasteiger partial charge on any atom is 0.273 e. The number of carboxylic acid groups (broad SMARTS) is 1. The highest BCUT2D eigenvalue weighted by Gasteiger charge is 2.15. The molecule has 0 aliphatic heterocycles. The quantitative estimate of drug-likeness (QED) is 0.370. The van der Waals surface area contributed by atoms with E-state index in [0.29, 0.717) is 17.1 Å². The zero-order valence-electron chi connectivity index (χ0n) is 14.9. The minimum Gasteiger partial charge on any atom is -0.545 e. The fourth-order valence-corrected chi connectivity index (χ4v) is 2.60. The van der Waals surface area contributed by atoms with Gasteiger partial charge < -0.3 is 14.3 Å². The van der Waals surface area contributed by atoms with E-state index in [0.717, 1.165) is 0 Å². The van der Waals surface area contributed by atoms with Crippen LogP contribution >= 0.6 is 0 Å². The number of nitrogens with zero attached hydrogens (tertiary/aromatic N) is 2. The van der Waals surface area contributed by atoms with E-state index in [1.54, 1.807) is 30.3 Å². The highest BCUT2D eigenvalue weighted by molar-refractivity contribution is 5.87. The van der Waals surface area contributed by atoms with Crippen LogP contribution in [0.5, 0.6) is 0 Å². The number of carbonyl (C=O) groups is 2. The lowest BCUT2D eigenvalue weighted by molar-refractivity contribution is -0.385. The fourth-order valence-electron chi connectivity index (χ4n) is 2.60. The Hall–Kier alpha value is -4.27. The van der Waals surface area contributed by atoms with Crippen molar-refractivity contribution in [3.05, 3.63) is 87.7 Å². The molecule has 0 fully saturated rings. The number of nitro benzene ring substituents is 1. The lowest BCUT2D eigenvalue weighted by Gasteiger charge is -2.03. The molecule has 0 aliphatic rings. The first kappa shape index (κ1) is 19.5. The lowest BCUT2D eigenvalue weighted by atomic mass is 10.1. The number of hydrogen-bond acceptors (Lipinski definition) is 7. The molecule has 3 aromatic rings. The van der Waals surface area contributed by atoms with Gasteiger partial charge in [0.15, 0.2) is 0 Å². The molecule has 1 N–H and O–H groups in total. The molecule has 0 saturated heterocycles. The van der Waals surface area contributed by atoms with Gasteiger partial charge in [-0.15, -0.1) is 0 Å². The summed E-state index contributed by atoms with van der Waals surface area (Å²) in [6.45, 7) is 0. The number of nitro groups is 1. The summed E-state index contributed by atoms with van der Waals surface area (Å²) in [6.07, 6.45) is 1.07. The fraction of sp³-hybridized carbons (Fsp3) is 0.0500. The number of aromatic carboxylic acids is 1. The largest absolute Gasteiger partial charge is 0.545 e. The second kappa shape index (κ2) is 8.61. The summed E-state index contributed by atoms with van der Waals surface area (Å²) in [5.74, 6) is -1.07. The standard InChI is InChI=1S/C20H15N3O6/c24-19(11-13-4-1-2-7-17(13)23(27)28)22-21-12-16-8-9-18(29-16)14-5-3-6-15(10-14)20(25)26/h1-10,12H,11H2,(H,22,24)(H,25,26)/p-1/b21-12-. The summed E-state index contributed by atoms with van der Waals surface area (Å²) in [5, 5.41) is 25.7. The number of para-hydroxylation sites is 1. The van der Waals surface area contributed by atoms with Crippen molar-refractivity contribution in [3.8, 4) is 11.3 Å². The van der Waals surface area contributed by atoms with Crippen molar-refractivity contribution in [2.24, 2.45) is 5.10 Å². The molecule has 9 heteroatoms. The van der Waals surface area contributed by atoms with E-state index >= 15 is 0 Å². The number of hydrazone groups is 1. The van der Waals surface area contributed by atoms with Crippen LogP contribution in [0.2, 0.25) is 0 Å². The Labute approximate surface area is 164 Å². The Morgan fingerprint density at radius 2 is 1.90 bits per heavy atom. The summed E-state index contributed by atoms with van der Waals surface area (Å²) >= 11 is 0. The number of benzene rings is 2. The number of carboxylic acids is 1. The summed E-state index contributed by atoms with van der Waals surface area (Å²) in [4.78, 5) is 33.3. The monoisotopic (exact) mass is 392 g/mol. The first-order valence-electron chi connectivity index (χ1n) is 8.40. The average molecular weight is 392 g/mol. The van der Waals surface area contributed by atoms with Gasteiger partial charge in [-0.05, 0) is 23.8 Å². The van der Waals surface area contributed by atoms with Crippen molar-refractivity contribution in [3.63, 3.8) is 0 Å². The predicted molar refractivity (Wildman–Crippen MR) is 101 cm³/mol. The van der Waals surface area contributed by atoms with E-state index in [1.165, 1.54) is 36.5 Å². The number of amides is 1. The first-order chi connectivity index (χ1) is 13.9. The third kappa shape index (κ3) is 4.92. The van der Waals surface area contributed by atoms with Crippen LogP contribution in [0.25, 0.3) is 11.3 Å². The second-order valence-corrected chi connectivity index (χ2v) is 5.93. The van der Waals surface area contributed by atoms with Gasteiger partial charge in [-0.3, -0.25) is 14.9 Å². The van der Waals surface area contributed by atoms with E-state index in [1.807, 2.05) is 0 Å². The molecule has 0 saturated carbocycles. The molecule has 3 rings (SSSR count). The van der Waals surface area contributed by atoms with Gasteiger partial charge in [-0.25, -0.2) is 5.43 Å². The highest BCUT2D eigenvalue weighted by Crippen LogP contribution is 2.22. The van der Waals surface area contributed by atoms with Gasteiger partial charge in [0.2, 0.25) is 5.91 Å². The summed E-state index contributed by atoms with van der Waals surface area (Å²) in [7, 11) is 0. The lowest BCUT2D eigenvalue weighted by Crippen LogP contribution is -2.22. The normalized spacial score (nSPS) is 10.8. The molecular formula is C20H14N3O6-. The van der Waals surface area contributed by atoms with Crippen molar-refractivity contribution in [1.29, 1.82) is 0 Å². The molecule has 0 unspecified atom stereocenters. The van der Waals surface area contributed by atoms with E-state index in [9.17, 15) is 24.8 Å². The van der Waals surface area contributed by atoms with E-state index in [-0.39, 0.29) is 23.2 Å². The van der Waals surface area contributed by atoms with Crippen LogP contribution in [-0.2, 0) is 11.2 Å². The molecule has 0 aliphatic carbocycles. The highest BCUT2D eigenvalue weighted by atomic mass is 16.6. The van der Waals surface area contributed by atoms with Crippen LogP contribution in [0.1, 0.15) is 21.7 Å². The molecule has 0 bridgehead atoms. The van der Waals surface area contributed by atoms with Gasteiger partial charge in [-0.1, -0.05) is 36.4 Å². The van der Waals surface area contributed by atoms with Crippen molar-refractivity contribution in [2.75, 3.05) is 0 Å². The van der Waals surface area contributed by atoms with Crippen molar-refractivity contribution < 1.29 is 24.0 Å². The van der Waals surface area contributed by atoms with Crippen molar-refractivity contribution in [1.82, 2.24) is 5.43 Å². The van der Waals surface area contributed by atoms with Crippen LogP contribution in [0, 0.1) is 10.1 Å². The molecule has 1 amide bonds. The van der Waals surface area contributed by atoms with Crippen LogP contribution in [-0.4, -0.2) is 23.0 Å². The topological polar surface area (TPSA) is 138 Å². The molecule has 1 heterocycles. The third-order valence-corrected chi connectivity index (χ3v) is 3.93. The van der Waals surface area contributed by atoms with Gasteiger partial charge >= 0.3 is 0 Å². The predicted octanol–water partition coefficient (Wildman–Crippen LogP) is 1.91. The Morgan fingerprint density at radius 3 is 2.66 bits per heavy atom. The Kier molecular flexibility index (Phi) is 5.79. The number of furan rings is 1. The van der Waals surface area contributed by atoms with Gasteiger partial charge in [0, 0.05) is 17.2 Å². The molecule has 9 nitrogen and oxygen atoms in total. The number of nitrogens with one attached hydrogen (secondary N) is 1. The smallest absolute Gasteiger partial charge is 0.273 e. The Morgan fingerprint density at radius 1 is 1.10 bits per heavy atom. The minimum absolute atomic E-state index is 0.0244. The molecule has 0 radical (unpaired) electrons. The minimum atomic E-state index is -1.29. The molecular weight excluding hydrogens is 378 g/mol. The van der Waals surface area contributed by atoms with E-state index in [4.69, 9.17) is 4.42 Å². The molecule has 146 valence electrons. The Balaban J connectivity index is 1.63. The molecule has 2 aromatic carbocycles. The number of hydrogen-bond donors (Lipinski definition) is 1. The first-order valence-corrected chi connectivity index (χ1v) is 8.40. The van der Waals surface area contributed by atoms with Gasteiger partial charge in [0.05, 0.1) is 23.5 Å². The SMILES string of the molecule is O=C(Cc1ccccc1[N+](=O)[O-])N/N=C\c1ccc(-c2cccc(C(=O)[O-])c2)o1. The zero-order chi connectivity index (χ0) is 20.8. The van der Waals surface area contributed by atoms with Crippen LogP contribution in [0.4, 0.5) is 5.69 Å². The second-order valence-electron chi connectivity index (χ2n) is 5.93. The van der Waals surface area contributed by atoms with Crippen molar-refractivity contribution >= 4 is 23.8 Å². The summed E-state index contributed by atoms with van der Waals surface area (Å²) in [6, 6.07) is 15.3. The van der Waals surface area contributed by atoms with Gasteiger partial charge in [0.1, 0.15) is 11.5 Å². The van der Waals surface area contributed by atoms with Crippen molar-refractivity contribution in [2.45, 2.75) is 6.42 Å². The number of carbonyl (C=O) groups excluding carboxylic acids is 2. The third-order valence-electron chi connectivity index (χ3n) is 3.93. The van der Waals surface area contributed by atoms with E-state index in [2.05, 4.69) is 10.5 Å². The maximum absolute atomic E-state index is 12.0. The maximum atomic E-state index is 12.0.